The zero-order chi connectivity index (χ0) is 30.2. The number of fused-ring (bicyclic) bond motifs is 3. The van der Waals surface area contributed by atoms with Crippen molar-refractivity contribution in [3.63, 3.8) is 0 Å². The molecular formula is C29H33F3N2O7. The Morgan fingerprint density at radius 1 is 1.17 bits per heavy atom. The van der Waals surface area contributed by atoms with E-state index < -0.39 is 105 Å². The zero-order valence-corrected chi connectivity index (χ0v) is 22.9. The molecule has 222 valence electrons. The molecule has 1 fully saturated rings. The van der Waals surface area contributed by atoms with Crippen molar-refractivity contribution >= 4 is 17.3 Å². The van der Waals surface area contributed by atoms with Gasteiger partial charge < -0.3 is 25.7 Å². The van der Waals surface area contributed by atoms with Gasteiger partial charge in [0.25, 0.3) is 0 Å². The standard InChI is InChI=1S/C29H33F3N2O7/c1-4-34(5-2)23-16-10-13-9-15-21(18(36)11-14(17-7-6-8-33-17)22(15)29(30,31)32)24(37)20(13)27(40)28(16,41)26(39)19(12(3)35)25(23)38/h11,13,16-17,23,33,36,38,40-41H,4-10H2,1-3H3/t13-,16-,17?,23-,28+/m0/s1. The highest BCUT2D eigenvalue weighted by atomic mass is 19.4. The van der Waals surface area contributed by atoms with E-state index in [1.165, 1.54) is 0 Å². The molecule has 5 atom stereocenters. The maximum absolute atomic E-state index is 14.6. The minimum atomic E-state index is -4.86. The fourth-order valence-electron chi connectivity index (χ4n) is 7.45. The number of halogens is 3. The number of ketones is 3. The van der Waals surface area contributed by atoms with E-state index in [-0.39, 0.29) is 12.0 Å². The molecule has 5 rings (SSSR count). The first-order chi connectivity index (χ1) is 19.2. The van der Waals surface area contributed by atoms with E-state index in [9.17, 15) is 48.0 Å². The Labute approximate surface area is 234 Å². The predicted octanol–water partition coefficient (Wildman–Crippen LogP) is 3.45. The van der Waals surface area contributed by atoms with Crippen molar-refractivity contribution in [2.75, 3.05) is 19.6 Å². The quantitative estimate of drug-likeness (QED) is 0.332. The summed E-state index contributed by atoms with van der Waals surface area (Å²) in [5.41, 5.74) is -6.16. The van der Waals surface area contributed by atoms with Crippen LogP contribution in [0.4, 0.5) is 13.2 Å². The molecule has 1 aliphatic heterocycles. The van der Waals surface area contributed by atoms with Crippen molar-refractivity contribution in [3.8, 4) is 5.75 Å². The molecule has 1 aromatic rings. The van der Waals surface area contributed by atoms with Gasteiger partial charge >= 0.3 is 6.18 Å². The van der Waals surface area contributed by atoms with Crippen molar-refractivity contribution < 1.29 is 48.0 Å². The second-order valence-electron chi connectivity index (χ2n) is 11.3. The number of rotatable bonds is 5. The number of nitrogens with zero attached hydrogens (tertiary/aromatic N) is 1. The Morgan fingerprint density at radius 3 is 2.37 bits per heavy atom. The van der Waals surface area contributed by atoms with Crippen LogP contribution in [0.1, 0.15) is 73.1 Å². The number of allylic oxidation sites excluding steroid dienone is 1. The van der Waals surface area contributed by atoms with Crippen LogP contribution in [-0.2, 0) is 22.2 Å². The number of carbonyl (C=O) groups excluding carboxylic acids is 3. The van der Waals surface area contributed by atoms with Crippen LogP contribution in [0, 0.1) is 11.8 Å². The van der Waals surface area contributed by atoms with Crippen molar-refractivity contribution in [1.29, 1.82) is 0 Å². The molecule has 1 heterocycles. The average Bonchev–Trinajstić information content (AvgIpc) is 3.42. The predicted molar refractivity (Wildman–Crippen MR) is 139 cm³/mol. The molecule has 1 saturated heterocycles. The van der Waals surface area contributed by atoms with Gasteiger partial charge in [-0.1, -0.05) is 13.8 Å². The molecule has 0 aromatic heterocycles. The maximum Gasteiger partial charge on any atom is 0.417 e. The highest BCUT2D eigenvalue weighted by molar-refractivity contribution is 6.25. The van der Waals surface area contributed by atoms with Crippen LogP contribution in [0.25, 0.3) is 0 Å². The number of aliphatic hydroxyl groups is 3. The number of hydrogen-bond acceptors (Lipinski definition) is 9. The van der Waals surface area contributed by atoms with Crippen LogP contribution in [0.2, 0.25) is 0 Å². The lowest BCUT2D eigenvalue weighted by Crippen LogP contribution is -2.64. The molecule has 1 aromatic carbocycles. The smallest absolute Gasteiger partial charge is 0.417 e. The molecule has 9 nitrogen and oxygen atoms in total. The summed E-state index contributed by atoms with van der Waals surface area (Å²) in [6.07, 6.45) is -4.45. The van der Waals surface area contributed by atoms with Gasteiger partial charge in [-0.15, -0.1) is 0 Å². The molecule has 0 radical (unpaired) electrons. The molecule has 4 aliphatic rings. The lowest BCUT2D eigenvalue weighted by Gasteiger charge is -2.51. The third-order valence-electron chi connectivity index (χ3n) is 9.23. The van der Waals surface area contributed by atoms with Crippen molar-refractivity contribution in [3.05, 3.63) is 51.0 Å². The number of alkyl halides is 3. The second-order valence-corrected chi connectivity index (χ2v) is 11.3. The lowest BCUT2D eigenvalue weighted by atomic mass is 9.58. The van der Waals surface area contributed by atoms with Gasteiger partial charge in [-0.3, -0.25) is 19.3 Å². The molecule has 12 heteroatoms. The van der Waals surface area contributed by atoms with Gasteiger partial charge in [0, 0.05) is 17.5 Å². The third-order valence-corrected chi connectivity index (χ3v) is 9.23. The van der Waals surface area contributed by atoms with Gasteiger partial charge in [0.15, 0.2) is 17.2 Å². The normalized spacial score (nSPS) is 30.0. The molecular weight excluding hydrogens is 545 g/mol. The molecule has 5 N–H and O–H groups in total. The first kappa shape index (κ1) is 29.3. The van der Waals surface area contributed by atoms with Crippen LogP contribution in [0.3, 0.4) is 0 Å². The third kappa shape index (κ3) is 4.13. The largest absolute Gasteiger partial charge is 0.510 e. The van der Waals surface area contributed by atoms with Crippen LogP contribution >= 0.6 is 0 Å². The molecule has 0 saturated carbocycles. The topological polar surface area (TPSA) is 147 Å². The van der Waals surface area contributed by atoms with E-state index in [0.29, 0.717) is 32.5 Å². The van der Waals surface area contributed by atoms with Crippen LogP contribution < -0.4 is 5.32 Å². The van der Waals surface area contributed by atoms with Gasteiger partial charge in [0.05, 0.1) is 17.2 Å². The van der Waals surface area contributed by atoms with E-state index >= 15 is 0 Å². The second kappa shape index (κ2) is 9.95. The van der Waals surface area contributed by atoms with Crippen LogP contribution in [0.5, 0.6) is 5.75 Å². The number of nitrogens with one attached hydrogen (secondary N) is 1. The van der Waals surface area contributed by atoms with Gasteiger partial charge in [-0.2, -0.15) is 13.2 Å². The number of phenolic OH excluding ortho intramolecular Hbond substituents is 1. The average molecular weight is 579 g/mol. The minimum Gasteiger partial charge on any atom is -0.510 e. The number of carbonyl (C=O) groups is 3. The number of benzene rings is 1. The number of hydrogen-bond donors (Lipinski definition) is 5. The van der Waals surface area contributed by atoms with E-state index in [0.717, 1.165) is 13.0 Å². The Morgan fingerprint density at radius 2 is 1.83 bits per heavy atom. The minimum absolute atomic E-state index is 0.163. The van der Waals surface area contributed by atoms with Crippen molar-refractivity contribution in [1.82, 2.24) is 10.2 Å². The zero-order valence-electron chi connectivity index (χ0n) is 22.9. The summed E-state index contributed by atoms with van der Waals surface area (Å²) in [4.78, 5) is 41.5. The Kier molecular flexibility index (Phi) is 7.11. The molecule has 41 heavy (non-hydrogen) atoms. The van der Waals surface area contributed by atoms with Crippen molar-refractivity contribution in [2.45, 2.75) is 70.3 Å². The van der Waals surface area contributed by atoms with Gasteiger partial charge in [0.2, 0.25) is 5.78 Å². The van der Waals surface area contributed by atoms with Crippen LogP contribution in [0.15, 0.2) is 28.7 Å². The number of likely N-dealkylation sites (N-methyl/N-ethyl adjacent to an activating group) is 1. The van der Waals surface area contributed by atoms with Gasteiger partial charge in [-0.25, -0.2) is 0 Å². The molecule has 1 unspecified atom stereocenters. The lowest BCUT2D eigenvalue weighted by molar-refractivity contribution is -0.149. The Hall–Kier alpha value is -3.22. The Bertz CT molecular complexity index is 1410. The first-order valence-corrected chi connectivity index (χ1v) is 13.8. The summed E-state index contributed by atoms with van der Waals surface area (Å²) in [7, 11) is 0. The maximum atomic E-state index is 14.6. The number of aliphatic hydroxyl groups excluding tert-OH is 2. The summed E-state index contributed by atoms with van der Waals surface area (Å²) >= 11 is 0. The van der Waals surface area contributed by atoms with E-state index in [1.54, 1.807) is 18.7 Å². The summed E-state index contributed by atoms with van der Waals surface area (Å²) < 4.78 is 43.8. The summed E-state index contributed by atoms with van der Waals surface area (Å²) in [5.74, 6) is -7.91. The van der Waals surface area contributed by atoms with Gasteiger partial charge in [0.1, 0.15) is 22.8 Å². The summed E-state index contributed by atoms with van der Waals surface area (Å²) in [5, 5.41) is 48.3. The van der Waals surface area contributed by atoms with E-state index in [4.69, 9.17) is 0 Å². The molecule has 0 bridgehead atoms. The molecule has 0 amide bonds. The van der Waals surface area contributed by atoms with Crippen molar-refractivity contribution in [2.24, 2.45) is 11.8 Å². The van der Waals surface area contributed by atoms with Crippen LogP contribution in [-0.4, -0.2) is 74.0 Å². The molecule has 3 aliphatic carbocycles. The number of aromatic hydroxyl groups is 1. The highest BCUT2D eigenvalue weighted by Crippen LogP contribution is 2.54. The van der Waals surface area contributed by atoms with E-state index in [1.807, 2.05) is 0 Å². The number of Topliss-reactive ketones (excluding diaryl/α,β-unsaturated/α-hetero) is 3. The summed E-state index contributed by atoms with van der Waals surface area (Å²) in [6.45, 7) is 5.65. The first-order valence-electron chi connectivity index (χ1n) is 13.8. The summed E-state index contributed by atoms with van der Waals surface area (Å²) in [6, 6.07) is -0.872. The molecule has 0 spiro atoms. The SMILES string of the molecule is CCN(CC)[C@@H]1C(O)=C(C(C)=O)C(=O)[C@@]2(O)C(O)=C3C(=O)c4c(O)cc(C5CCCN5)c(C(F)(F)F)c4C[C@H]3C[C@@H]12. The monoisotopic (exact) mass is 578 g/mol. The fraction of sp³-hybridized carbons (Fsp3) is 0.552. The number of phenols is 1. The highest BCUT2D eigenvalue weighted by Gasteiger charge is 2.63. The van der Waals surface area contributed by atoms with Gasteiger partial charge in [-0.05, 0) is 75.4 Å². The fourth-order valence-corrected chi connectivity index (χ4v) is 7.45. The van der Waals surface area contributed by atoms with E-state index in [2.05, 4.69) is 5.32 Å². The Balaban J connectivity index is 1.75.